The van der Waals surface area contributed by atoms with Crippen molar-refractivity contribution in [2.45, 2.75) is 70.9 Å². The van der Waals surface area contributed by atoms with Gasteiger partial charge < -0.3 is 29.2 Å². The lowest BCUT2D eigenvalue weighted by molar-refractivity contribution is -0.165. The molecule has 10 nitrogen and oxygen atoms in total. The lowest BCUT2D eigenvalue weighted by Gasteiger charge is -2.43. The molecule has 1 N–H and O–H groups in total. The van der Waals surface area contributed by atoms with Crippen molar-refractivity contribution >= 4 is 24.1 Å². The van der Waals surface area contributed by atoms with E-state index in [1.165, 1.54) is 17.0 Å². The molecular formula is C34H38N2O8. The molecule has 232 valence electrons. The second kappa shape index (κ2) is 13.2. The number of hydrogen-bond donors (Lipinski definition) is 1. The van der Waals surface area contributed by atoms with Gasteiger partial charge in [0.15, 0.2) is 12.1 Å². The summed E-state index contributed by atoms with van der Waals surface area (Å²) in [6, 6.07) is 22.7. The van der Waals surface area contributed by atoms with Crippen LogP contribution in [0, 0.1) is 0 Å². The van der Waals surface area contributed by atoms with Crippen LogP contribution in [-0.4, -0.2) is 52.8 Å². The number of hydrogen-bond acceptors (Lipinski definition) is 8. The zero-order chi connectivity index (χ0) is 32.1. The maximum atomic E-state index is 14.0. The lowest BCUT2D eigenvalue weighted by Crippen LogP contribution is -2.65. The molecule has 2 amide bonds. The number of β-lactam (4-membered cyclic amide) rings is 1. The second-order valence-electron chi connectivity index (χ2n) is 12.4. The largest absolute Gasteiger partial charge is 0.514 e. The molecule has 0 saturated carbocycles. The molecule has 1 heterocycles. The molecule has 4 rings (SSSR count). The van der Waals surface area contributed by atoms with Crippen LogP contribution >= 0.6 is 0 Å². The van der Waals surface area contributed by atoms with Gasteiger partial charge in [-0.15, -0.1) is 0 Å². The Kier molecular flexibility index (Phi) is 9.62. The summed E-state index contributed by atoms with van der Waals surface area (Å²) in [6.45, 7) is 10.4. The first-order valence-corrected chi connectivity index (χ1v) is 14.3. The Morgan fingerprint density at radius 1 is 0.750 bits per heavy atom. The van der Waals surface area contributed by atoms with E-state index in [1.807, 2.05) is 60.7 Å². The van der Waals surface area contributed by atoms with Gasteiger partial charge in [0.25, 0.3) is 0 Å². The highest BCUT2D eigenvalue weighted by atomic mass is 16.7. The summed E-state index contributed by atoms with van der Waals surface area (Å²) >= 11 is 0. The van der Waals surface area contributed by atoms with E-state index in [4.69, 9.17) is 18.9 Å². The van der Waals surface area contributed by atoms with Gasteiger partial charge in [-0.25, -0.2) is 14.4 Å². The van der Waals surface area contributed by atoms with Gasteiger partial charge in [-0.2, -0.15) is 0 Å². The third kappa shape index (κ3) is 8.59. The van der Waals surface area contributed by atoms with Gasteiger partial charge >= 0.3 is 18.2 Å². The van der Waals surface area contributed by atoms with Crippen LogP contribution in [0.2, 0.25) is 0 Å². The lowest BCUT2D eigenvalue weighted by atomic mass is 9.97. The monoisotopic (exact) mass is 602 g/mol. The summed E-state index contributed by atoms with van der Waals surface area (Å²) in [7, 11) is 0. The average molecular weight is 603 g/mol. The number of carbonyl (C=O) groups excluding carboxylic acids is 4. The Balaban J connectivity index is 1.59. The maximum Gasteiger partial charge on any atom is 0.514 e. The highest BCUT2D eigenvalue weighted by Crippen LogP contribution is 2.34. The molecule has 3 aromatic carbocycles. The number of carbonyl (C=O) groups is 4. The van der Waals surface area contributed by atoms with Crippen molar-refractivity contribution in [3.63, 3.8) is 0 Å². The van der Waals surface area contributed by atoms with Crippen molar-refractivity contribution in [3.8, 4) is 5.75 Å². The highest BCUT2D eigenvalue weighted by molar-refractivity contribution is 5.95. The molecule has 3 aromatic rings. The summed E-state index contributed by atoms with van der Waals surface area (Å²) in [5.74, 6) is -0.948. The summed E-state index contributed by atoms with van der Waals surface area (Å²) in [6.07, 6.45) is -2.34. The summed E-state index contributed by atoms with van der Waals surface area (Å²) < 4.78 is 21.9. The van der Waals surface area contributed by atoms with E-state index < -0.39 is 53.5 Å². The smallest absolute Gasteiger partial charge is 0.451 e. The first-order chi connectivity index (χ1) is 20.7. The molecule has 0 spiro atoms. The van der Waals surface area contributed by atoms with E-state index in [0.717, 1.165) is 11.1 Å². The minimum atomic E-state index is -1.15. The summed E-state index contributed by atoms with van der Waals surface area (Å²) in [5, 5.41) is 2.56. The number of nitrogens with zero attached hydrogens (tertiary/aromatic N) is 1. The number of alkyl carbamates (subject to hydrolysis) is 1. The third-order valence-corrected chi connectivity index (χ3v) is 6.41. The molecule has 0 radical (unpaired) electrons. The number of ether oxygens (including phenoxy) is 4. The average Bonchev–Trinajstić information content (AvgIpc) is 2.94. The first-order valence-electron chi connectivity index (χ1n) is 14.3. The van der Waals surface area contributed by atoms with E-state index in [2.05, 4.69) is 5.32 Å². The Hall–Kier alpha value is -4.86. The van der Waals surface area contributed by atoms with E-state index in [-0.39, 0.29) is 12.3 Å². The molecule has 0 bridgehead atoms. The van der Waals surface area contributed by atoms with Crippen molar-refractivity contribution < 1.29 is 38.1 Å². The fraction of sp³-hybridized carbons (Fsp3) is 0.353. The normalized spacial score (nSPS) is 15.6. The summed E-state index contributed by atoms with van der Waals surface area (Å²) in [4.78, 5) is 53.1. The Bertz CT molecular complexity index is 1420. The Labute approximate surface area is 257 Å². The molecule has 1 aliphatic heterocycles. The van der Waals surface area contributed by atoms with Gasteiger partial charge in [0, 0.05) is 0 Å². The zero-order valence-corrected chi connectivity index (χ0v) is 25.7. The van der Waals surface area contributed by atoms with E-state index in [1.54, 1.807) is 53.7 Å². The molecule has 0 aromatic heterocycles. The molecule has 0 aliphatic carbocycles. The van der Waals surface area contributed by atoms with Crippen LogP contribution in [0.15, 0.2) is 84.9 Å². The number of nitrogens with one attached hydrogen (secondary N) is 1. The maximum absolute atomic E-state index is 14.0. The van der Waals surface area contributed by atoms with Crippen molar-refractivity contribution in [3.05, 3.63) is 102 Å². The predicted octanol–water partition coefficient (Wildman–Crippen LogP) is 6.11. The number of esters is 1. The van der Waals surface area contributed by atoms with Crippen LogP contribution in [0.1, 0.15) is 70.4 Å². The van der Waals surface area contributed by atoms with Gasteiger partial charge in [-0.1, -0.05) is 72.8 Å². The molecular weight excluding hydrogens is 564 g/mol. The highest BCUT2D eigenvalue weighted by Gasteiger charge is 2.46. The van der Waals surface area contributed by atoms with E-state index >= 15 is 0 Å². The topological polar surface area (TPSA) is 120 Å². The van der Waals surface area contributed by atoms with Gasteiger partial charge in [0.1, 0.15) is 23.0 Å². The van der Waals surface area contributed by atoms with Crippen molar-refractivity contribution in [1.82, 2.24) is 10.2 Å². The fourth-order valence-electron chi connectivity index (χ4n) is 4.54. The fourth-order valence-corrected chi connectivity index (χ4v) is 4.54. The molecule has 1 aliphatic rings. The zero-order valence-electron chi connectivity index (χ0n) is 25.7. The predicted molar refractivity (Wildman–Crippen MR) is 162 cm³/mol. The SMILES string of the molecule is CC(C)(C)OC(=O)N[C@H]1CN(C(C(=O)OC(c2ccccc2)c2ccccc2)c2ccc(OC(=O)OC(C)(C)C)cc2)C1=O. The van der Waals surface area contributed by atoms with Crippen molar-refractivity contribution in [2.24, 2.45) is 0 Å². The minimum absolute atomic E-state index is 0.0509. The second-order valence-corrected chi connectivity index (χ2v) is 12.4. The van der Waals surface area contributed by atoms with Crippen LogP contribution < -0.4 is 10.1 Å². The Morgan fingerprint density at radius 3 is 1.75 bits per heavy atom. The molecule has 44 heavy (non-hydrogen) atoms. The van der Waals surface area contributed by atoms with Gasteiger partial charge in [-0.05, 0) is 70.4 Å². The number of likely N-dealkylation sites (tertiary alicyclic amines) is 1. The van der Waals surface area contributed by atoms with E-state index in [0.29, 0.717) is 5.56 Å². The van der Waals surface area contributed by atoms with Crippen LogP contribution in [0.4, 0.5) is 9.59 Å². The first kappa shape index (κ1) is 32.1. The standard InChI is InChI=1S/C34H38N2O8/c1-33(2,3)43-31(39)35-26-21-36(29(26)37)27(22-17-19-25(20-18-22)41-32(40)44-34(4,5)6)30(38)42-28(23-13-9-7-10-14-23)24-15-11-8-12-16-24/h7-20,26-28H,21H2,1-6H3,(H,35,39)/t26-,27?/m0/s1. The molecule has 2 atom stereocenters. The molecule has 1 saturated heterocycles. The third-order valence-electron chi connectivity index (χ3n) is 6.41. The number of rotatable bonds is 8. The number of amides is 2. The van der Waals surface area contributed by atoms with Gasteiger partial charge in [0.05, 0.1) is 6.54 Å². The van der Waals surface area contributed by atoms with Crippen LogP contribution in [0.3, 0.4) is 0 Å². The van der Waals surface area contributed by atoms with Crippen LogP contribution in [0.5, 0.6) is 5.75 Å². The van der Waals surface area contributed by atoms with Gasteiger partial charge in [-0.3, -0.25) is 4.79 Å². The van der Waals surface area contributed by atoms with E-state index in [9.17, 15) is 19.2 Å². The van der Waals surface area contributed by atoms with Gasteiger partial charge in [0.2, 0.25) is 5.91 Å². The van der Waals surface area contributed by atoms with Crippen LogP contribution in [0.25, 0.3) is 0 Å². The molecule has 1 fully saturated rings. The summed E-state index contributed by atoms with van der Waals surface area (Å²) in [5.41, 5.74) is 0.463. The van der Waals surface area contributed by atoms with Crippen LogP contribution in [-0.2, 0) is 23.8 Å². The molecule has 10 heteroatoms. The molecule has 1 unspecified atom stereocenters. The quantitative estimate of drug-likeness (QED) is 0.142. The van der Waals surface area contributed by atoms with Crippen molar-refractivity contribution in [2.75, 3.05) is 6.54 Å². The number of benzene rings is 3. The Morgan fingerprint density at radius 2 is 1.27 bits per heavy atom. The van der Waals surface area contributed by atoms with Crippen molar-refractivity contribution in [1.29, 1.82) is 0 Å². The minimum Gasteiger partial charge on any atom is -0.451 e.